The number of hydrogen-bond acceptors (Lipinski definition) is 6. The lowest BCUT2D eigenvalue weighted by Gasteiger charge is -2.50. The average molecular weight is 557 g/mol. The lowest BCUT2D eigenvalue weighted by Crippen LogP contribution is -2.62. The van der Waals surface area contributed by atoms with Crippen LogP contribution in [0.2, 0.25) is 5.02 Å². The summed E-state index contributed by atoms with van der Waals surface area (Å²) in [4.78, 5) is 31.9. The highest BCUT2D eigenvalue weighted by Crippen LogP contribution is 2.28. The van der Waals surface area contributed by atoms with Gasteiger partial charge < -0.3 is 15.1 Å². The number of aromatic nitrogens is 1. The van der Waals surface area contributed by atoms with Gasteiger partial charge in [0, 0.05) is 55.5 Å². The molecule has 0 radical (unpaired) electrons. The van der Waals surface area contributed by atoms with E-state index in [9.17, 15) is 23.1 Å². The molecule has 12 heteroatoms. The van der Waals surface area contributed by atoms with Crippen LogP contribution < -0.4 is 4.90 Å². The molecule has 2 N–H and O–H groups in total. The molecule has 38 heavy (non-hydrogen) atoms. The van der Waals surface area contributed by atoms with Gasteiger partial charge >= 0.3 is 18.1 Å². The highest BCUT2D eigenvalue weighted by Gasteiger charge is 2.38. The first kappa shape index (κ1) is 29.7. The second kappa shape index (κ2) is 13.3. The average Bonchev–Trinajstić information content (AvgIpc) is 2.87. The minimum absolute atomic E-state index is 0.101. The van der Waals surface area contributed by atoms with Gasteiger partial charge in [-0.15, -0.1) is 0 Å². The van der Waals surface area contributed by atoms with Crippen LogP contribution in [0.15, 0.2) is 48.7 Å². The van der Waals surface area contributed by atoms with E-state index in [2.05, 4.69) is 44.8 Å². The van der Waals surface area contributed by atoms with Crippen molar-refractivity contribution in [2.75, 3.05) is 37.6 Å². The van der Waals surface area contributed by atoms with Crippen LogP contribution in [-0.4, -0.2) is 94.0 Å². The number of piperazine rings is 1. The molecule has 0 aliphatic carbocycles. The molecule has 2 fully saturated rings. The second-order valence-electron chi connectivity index (χ2n) is 9.56. The van der Waals surface area contributed by atoms with Crippen molar-refractivity contribution in [2.45, 2.75) is 50.5 Å². The fraction of sp³-hybridized carbons (Fsp3) is 0.500. The van der Waals surface area contributed by atoms with Gasteiger partial charge in [0.2, 0.25) is 0 Å². The summed E-state index contributed by atoms with van der Waals surface area (Å²) in [6.07, 6.45) is -0.133. The third-order valence-corrected chi connectivity index (χ3v) is 7.14. The molecule has 208 valence electrons. The molecule has 0 amide bonds. The van der Waals surface area contributed by atoms with Crippen LogP contribution in [0.5, 0.6) is 0 Å². The number of halogens is 4. The molecule has 4 rings (SSSR count). The van der Waals surface area contributed by atoms with Crippen LogP contribution in [0, 0.1) is 0 Å². The molecular weight excluding hydrogens is 525 g/mol. The summed E-state index contributed by atoms with van der Waals surface area (Å²) >= 11 is 6.07. The number of carboxylic acids is 2. The number of aliphatic carboxylic acids is 2. The van der Waals surface area contributed by atoms with Crippen LogP contribution in [0.3, 0.4) is 0 Å². The predicted octanol–water partition coefficient (Wildman–Crippen LogP) is 4.04. The van der Waals surface area contributed by atoms with Gasteiger partial charge in [0.05, 0.1) is 6.54 Å². The number of hydrogen-bond donors (Lipinski definition) is 2. The lowest BCUT2D eigenvalue weighted by atomic mass is 9.94. The number of carboxylic acid groups (broad SMARTS) is 2. The maximum Gasteiger partial charge on any atom is 0.490 e. The first-order valence-corrected chi connectivity index (χ1v) is 12.7. The zero-order chi connectivity index (χ0) is 27.9. The Labute approximate surface area is 224 Å². The molecule has 8 nitrogen and oxygen atoms in total. The summed E-state index contributed by atoms with van der Waals surface area (Å²) in [7, 11) is 0. The fourth-order valence-electron chi connectivity index (χ4n) is 5.01. The minimum Gasteiger partial charge on any atom is -0.480 e. The van der Waals surface area contributed by atoms with Crippen molar-refractivity contribution in [3.05, 3.63) is 59.2 Å². The number of nitrogens with zero attached hydrogens (tertiary/aromatic N) is 4. The van der Waals surface area contributed by atoms with E-state index in [1.165, 1.54) is 5.56 Å². The van der Waals surface area contributed by atoms with Crippen molar-refractivity contribution in [1.29, 1.82) is 0 Å². The van der Waals surface area contributed by atoms with Gasteiger partial charge in [-0.25, -0.2) is 9.78 Å². The van der Waals surface area contributed by atoms with E-state index in [1.807, 2.05) is 30.5 Å². The third kappa shape index (κ3) is 8.57. The van der Waals surface area contributed by atoms with Crippen LogP contribution in [0.25, 0.3) is 0 Å². The molecule has 1 aromatic heterocycles. The Hall–Kier alpha value is -2.89. The Balaban J connectivity index is 0.000000505. The number of alkyl halides is 3. The minimum atomic E-state index is -5.08. The number of piperidine rings is 1. The van der Waals surface area contributed by atoms with Crippen LogP contribution in [0.4, 0.5) is 19.0 Å². The number of pyridine rings is 1. The van der Waals surface area contributed by atoms with E-state index in [0.717, 1.165) is 56.3 Å². The molecule has 1 aromatic carbocycles. The molecule has 3 heterocycles. The quantitative estimate of drug-likeness (QED) is 0.550. The van der Waals surface area contributed by atoms with Crippen molar-refractivity contribution in [2.24, 2.45) is 0 Å². The first-order valence-electron chi connectivity index (χ1n) is 12.4. The van der Waals surface area contributed by atoms with Gasteiger partial charge in [0.1, 0.15) is 5.82 Å². The van der Waals surface area contributed by atoms with Crippen LogP contribution in [-0.2, 0) is 16.0 Å². The smallest absolute Gasteiger partial charge is 0.480 e. The lowest BCUT2D eigenvalue weighted by molar-refractivity contribution is -0.192. The van der Waals surface area contributed by atoms with Crippen molar-refractivity contribution in [3.63, 3.8) is 0 Å². The van der Waals surface area contributed by atoms with Gasteiger partial charge in [-0.1, -0.05) is 29.8 Å². The van der Waals surface area contributed by atoms with Crippen LogP contribution in [0.1, 0.15) is 25.3 Å². The number of rotatable bonds is 6. The summed E-state index contributed by atoms with van der Waals surface area (Å²) in [5, 5.41) is 17.2. The Kier molecular flexibility index (Phi) is 10.3. The van der Waals surface area contributed by atoms with E-state index >= 15 is 0 Å². The largest absolute Gasteiger partial charge is 0.490 e. The fourth-order valence-corrected chi connectivity index (χ4v) is 5.13. The predicted molar refractivity (Wildman–Crippen MR) is 137 cm³/mol. The molecule has 2 aliphatic rings. The number of carbonyl (C=O) groups is 2. The monoisotopic (exact) mass is 556 g/mol. The molecule has 0 saturated carbocycles. The molecule has 0 spiro atoms. The molecule has 2 aliphatic heterocycles. The maximum atomic E-state index is 11.4. The number of anilines is 1. The van der Waals surface area contributed by atoms with Gasteiger partial charge in [0.25, 0.3) is 0 Å². The molecule has 0 bridgehead atoms. The molecule has 2 atom stereocenters. The topological polar surface area (TPSA) is 97.2 Å². The summed E-state index contributed by atoms with van der Waals surface area (Å²) in [5.74, 6) is -2.46. The standard InChI is InChI=1S/C24H31ClN4O2.C2HF3O2/c1-18-15-29(21-9-12-27(13-10-21)23-4-2-3-11-26-23)22(16-28(18)17-24(30)31)14-19-5-7-20(25)8-6-19;3-2(4,5)1(6)7/h2-8,11,18,21-22H,9-10,12-17H2,1H3,(H,30,31);(H,6,7)/t18-,22-;/m0./s1. The van der Waals surface area contributed by atoms with Gasteiger partial charge in [-0.2, -0.15) is 13.2 Å². The Morgan fingerprint density at radius 3 is 2.21 bits per heavy atom. The van der Waals surface area contributed by atoms with Gasteiger partial charge in [0.15, 0.2) is 0 Å². The highest BCUT2D eigenvalue weighted by atomic mass is 35.5. The molecule has 0 unspecified atom stereocenters. The summed E-state index contributed by atoms with van der Waals surface area (Å²) in [6, 6.07) is 15.2. The normalized spacial score (nSPS) is 21.4. The van der Waals surface area contributed by atoms with Crippen molar-refractivity contribution in [3.8, 4) is 0 Å². The van der Waals surface area contributed by atoms with E-state index in [4.69, 9.17) is 21.5 Å². The van der Waals surface area contributed by atoms with Crippen molar-refractivity contribution in [1.82, 2.24) is 14.8 Å². The Morgan fingerprint density at radius 1 is 1.05 bits per heavy atom. The number of benzene rings is 1. The van der Waals surface area contributed by atoms with Crippen molar-refractivity contribution < 1.29 is 33.0 Å². The van der Waals surface area contributed by atoms with E-state index in [1.54, 1.807) is 0 Å². The van der Waals surface area contributed by atoms with E-state index in [-0.39, 0.29) is 12.6 Å². The first-order chi connectivity index (χ1) is 17.9. The zero-order valence-corrected chi connectivity index (χ0v) is 21.8. The highest BCUT2D eigenvalue weighted by molar-refractivity contribution is 6.30. The summed E-state index contributed by atoms with van der Waals surface area (Å²) < 4.78 is 31.7. The Morgan fingerprint density at radius 2 is 1.68 bits per heavy atom. The SMILES string of the molecule is C[C@H]1CN(C2CCN(c3ccccn3)CC2)[C@@H](Cc2ccc(Cl)cc2)CN1CC(=O)O.O=C(O)C(F)(F)F. The Bertz CT molecular complexity index is 1050. The van der Waals surface area contributed by atoms with E-state index < -0.39 is 18.1 Å². The zero-order valence-electron chi connectivity index (χ0n) is 21.0. The van der Waals surface area contributed by atoms with E-state index in [0.29, 0.717) is 12.1 Å². The van der Waals surface area contributed by atoms with Crippen molar-refractivity contribution >= 4 is 29.4 Å². The molecular formula is C26H32ClF3N4O4. The van der Waals surface area contributed by atoms with Gasteiger partial charge in [-0.3, -0.25) is 14.6 Å². The molecule has 2 aromatic rings. The van der Waals surface area contributed by atoms with Gasteiger partial charge in [-0.05, 0) is 56.0 Å². The summed E-state index contributed by atoms with van der Waals surface area (Å²) in [6.45, 7) is 5.93. The molecule has 2 saturated heterocycles. The maximum absolute atomic E-state index is 11.4. The van der Waals surface area contributed by atoms with Crippen LogP contribution >= 0.6 is 11.6 Å². The third-order valence-electron chi connectivity index (χ3n) is 6.88. The summed E-state index contributed by atoms with van der Waals surface area (Å²) in [5.41, 5.74) is 1.25. The second-order valence-corrected chi connectivity index (χ2v) is 10.00.